The van der Waals surface area contributed by atoms with Gasteiger partial charge in [-0.05, 0) is 52.2 Å². The average molecular weight is 322 g/mol. The number of methoxy groups -OCH3 is 1. The molecular formula is C15H16BrNO2. The predicted molar refractivity (Wildman–Crippen MR) is 80.6 cm³/mol. The third-order valence-corrected chi connectivity index (χ3v) is 3.51. The Balaban J connectivity index is 2.10. The summed E-state index contributed by atoms with van der Waals surface area (Å²) in [6, 6.07) is 11.6. The van der Waals surface area contributed by atoms with Crippen molar-refractivity contribution in [2.24, 2.45) is 0 Å². The second-order valence-corrected chi connectivity index (χ2v) is 5.10. The van der Waals surface area contributed by atoms with Gasteiger partial charge >= 0.3 is 0 Å². The molecule has 0 aromatic heterocycles. The van der Waals surface area contributed by atoms with Crippen molar-refractivity contribution in [3.63, 3.8) is 0 Å². The maximum atomic E-state index is 5.97. The summed E-state index contributed by atoms with van der Waals surface area (Å²) < 4.78 is 11.8. The van der Waals surface area contributed by atoms with Crippen molar-refractivity contribution in [2.75, 3.05) is 12.8 Å². The lowest BCUT2D eigenvalue weighted by Crippen LogP contribution is -2.00. The molecule has 0 aliphatic rings. The second-order valence-electron chi connectivity index (χ2n) is 4.24. The Bertz CT molecular complexity index is 584. The molecular weight excluding hydrogens is 306 g/mol. The lowest BCUT2D eigenvalue weighted by molar-refractivity contribution is 0.307. The van der Waals surface area contributed by atoms with Crippen molar-refractivity contribution in [1.82, 2.24) is 0 Å². The van der Waals surface area contributed by atoms with Crippen molar-refractivity contribution in [2.45, 2.75) is 13.5 Å². The van der Waals surface area contributed by atoms with Gasteiger partial charge in [-0.1, -0.05) is 18.2 Å². The molecule has 0 heterocycles. The molecule has 4 heteroatoms. The Morgan fingerprint density at radius 3 is 2.63 bits per heavy atom. The van der Waals surface area contributed by atoms with E-state index < -0.39 is 0 Å². The molecule has 0 unspecified atom stereocenters. The molecule has 2 aromatic carbocycles. The number of aryl methyl sites for hydroxylation is 1. The summed E-state index contributed by atoms with van der Waals surface area (Å²) in [7, 11) is 1.64. The second kappa shape index (κ2) is 5.97. The van der Waals surface area contributed by atoms with Crippen LogP contribution in [0.3, 0.4) is 0 Å². The average Bonchev–Trinajstić information content (AvgIpc) is 2.40. The van der Waals surface area contributed by atoms with Gasteiger partial charge in [-0.15, -0.1) is 0 Å². The maximum absolute atomic E-state index is 5.97. The van der Waals surface area contributed by atoms with Crippen LogP contribution in [0.15, 0.2) is 40.9 Å². The van der Waals surface area contributed by atoms with Crippen molar-refractivity contribution in [3.05, 3.63) is 52.0 Å². The van der Waals surface area contributed by atoms with Gasteiger partial charge in [-0.3, -0.25) is 0 Å². The van der Waals surface area contributed by atoms with Crippen LogP contribution >= 0.6 is 15.9 Å². The Kier molecular flexibility index (Phi) is 4.32. The van der Waals surface area contributed by atoms with Crippen LogP contribution < -0.4 is 15.2 Å². The predicted octanol–water partition coefficient (Wildman–Crippen LogP) is 3.93. The lowest BCUT2D eigenvalue weighted by Gasteiger charge is -2.11. The standard InChI is InChI=1S/C15H16BrNO2/c1-10-4-3-5-14(15(10)17)19-9-11-6-7-13(18-2)12(16)8-11/h3-8H,9,17H2,1-2H3. The Morgan fingerprint density at radius 2 is 1.95 bits per heavy atom. The van der Waals surface area contributed by atoms with Crippen LogP contribution in [0.4, 0.5) is 5.69 Å². The number of benzene rings is 2. The summed E-state index contributed by atoms with van der Waals surface area (Å²) in [5, 5.41) is 0. The van der Waals surface area contributed by atoms with Gasteiger partial charge in [0.05, 0.1) is 17.3 Å². The van der Waals surface area contributed by atoms with Gasteiger partial charge < -0.3 is 15.2 Å². The van der Waals surface area contributed by atoms with Gasteiger partial charge in [-0.25, -0.2) is 0 Å². The fourth-order valence-electron chi connectivity index (χ4n) is 1.74. The van der Waals surface area contributed by atoms with Crippen molar-refractivity contribution in [1.29, 1.82) is 0 Å². The molecule has 0 saturated carbocycles. The van der Waals surface area contributed by atoms with Gasteiger partial charge in [0.1, 0.15) is 18.1 Å². The summed E-state index contributed by atoms with van der Waals surface area (Å²) >= 11 is 3.45. The van der Waals surface area contributed by atoms with Crippen LogP contribution in [-0.2, 0) is 6.61 Å². The Morgan fingerprint density at radius 1 is 1.16 bits per heavy atom. The van der Waals surface area contributed by atoms with E-state index in [0.29, 0.717) is 18.0 Å². The zero-order valence-electron chi connectivity index (χ0n) is 10.9. The van der Waals surface area contributed by atoms with Gasteiger partial charge in [0.15, 0.2) is 0 Å². The van der Waals surface area contributed by atoms with Crippen LogP contribution in [0.25, 0.3) is 0 Å². The summed E-state index contributed by atoms with van der Waals surface area (Å²) in [5.74, 6) is 1.52. The Hall–Kier alpha value is -1.68. The van der Waals surface area contributed by atoms with E-state index in [1.54, 1.807) is 7.11 Å². The quantitative estimate of drug-likeness (QED) is 0.868. The zero-order valence-corrected chi connectivity index (χ0v) is 12.5. The molecule has 0 aliphatic heterocycles. The molecule has 0 fully saturated rings. The molecule has 0 bridgehead atoms. The molecule has 0 aliphatic carbocycles. The van der Waals surface area contributed by atoms with E-state index in [4.69, 9.17) is 15.2 Å². The number of nitrogen functional groups attached to an aromatic ring is 1. The van der Waals surface area contributed by atoms with E-state index in [-0.39, 0.29) is 0 Å². The molecule has 0 atom stereocenters. The van der Waals surface area contributed by atoms with E-state index in [9.17, 15) is 0 Å². The number of ether oxygens (including phenoxy) is 2. The zero-order chi connectivity index (χ0) is 13.8. The highest BCUT2D eigenvalue weighted by Crippen LogP contribution is 2.28. The summed E-state index contributed by atoms with van der Waals surface area (Å²) in [5.41, 5.74) is 8.73. The van der Waals surface area contributed by atoms with E-state index in [1.165, 1.54) is 0 Å². The minimum absolute atomic E-state index is 0.468. The van der Waals surface area contributed by atoms with Crippen LogP contribution in [0, 0.1) is 6.92 Å². The fourth-order valence-corrected chi connectivity index (χ4v) is 2.33. The van der Waals surface area contributed by atoms with Crippen molar-refractivity contribution in [3.8, 4) is 11.5 Å². The molecule has 0 radical (unpaired) electrons. The number of hydrogen-bond donors (Lipinski definition) is 1. The van der Waals surface area contributed by atoms with Crippen LogP contribution in [0.1, 0.15) is 11.1 Å². The number of halogens is 1. The third kappa shape index (κ3) is 3.20. The molecule has 19 heavy (non-hydrogen) atoms. The van der Waals surface area contributed by atoms with Gasteiger partial charge in [0.2, 0.25) is 0 Å². The third-order valence-electron chi connectivity index (χ3n) is 2.89. The first-order valence-electron chi connectivity index (χ1n) is 5.92. The number of hydrogen-bond acceptors (Lipinski definition) is 3. The molecule has 0 saturated heterocycles. The van der Waals surface area contributed by atoms with Gasteiger partial charge in [-0.2, -0.15) is 0 Å². The van der Waals surface area contributed by atoms with Crippen molar-refractivity contribution < 1.29 is 9.47 Å². The number of rotatable bonds is 4. The molecule has 0 spiro atoms. The lowest BCUT2D eigenvalue weighted by atomic mass is 10.2. The minimum atomic E-state index is 0.468. The van der Waals surface area contributed by atoms with E-state index in [1.807, 2.05) is 43.3 Å². The monoisotopic (exact) mass is 321 g/mol. The smallest absolute Gasteiger partial charge is 0.142 e. The number of nitrogens with two attached hydrogens (primary N) is 1. The van der Waals surface area contributed by atoms with E-state index >= 15 is 0 Å². The van der Waals surface area contributed by atoms with Gasteiger partial charge in [0.25, 0.3) is 0 Å². The van der Waals surface area contributed by atoms with E-state index in [2.05, 4.69) is 15.9 Å². The number of anilines is 1. The molecule has 100 valence electrons. The molecule has 2 aromatic rings. The largest absolute Gasteiger partial charge is 0.496 e. The van der Waals surface area contributed by atoms with Crippen LogP contribution in [0.5, 0.6) is 11.5 Å². The minimum Gasteiger partial charge on any atom is -0.496 e. The van der Waals surface area contributed by atoms with E-state index in [0.717, 1.165) is 21.3 Å². The highest BCUT2D eigenvalue weighted by atomic mass is 79.9. The summed E-state index contributed by atoms with van der Waals surface area (Å²) in [4.78, 5) is 0. The SMILES string of the molecule is COc1ccc(COc2cccc(C)c2N)cc1Br. The van der Waals surface area contributed by atoms with Crippen LogP contribution in [-0.4, -0.2) is 7.11 Å². The molecule has 0 amide bonds. The van der Waals surface area contributed by atoms with Gasteiger partial charge in [0, 0.05) is 0 Å². The Labute approximate surface area is 121 Å². The highest BCUT2D eigenvalue weighted by Gasteiger charge is 2.05. The molecule has 3 nitrogen and oxygen atoms in total. The maximum Gasteiger partial charge on any atom is 0.142 e. The number of para-hydroxylation sites is 1. The first-order valence-corrected chi connectivity index (χ1v) is 6.71. The summed E-state index contributed by atoms with van der Waals surface area (Å²) in [6.07, 6.45) is 0. The van der Waals surface area contributed by atoms with Crippen molar-refractivity contribution >= 4 is 21.6 Å². The first kappa shape index (κ1) is 13.7. The molecule has 2 rings (SSSR count). The first-order chi connectivity index (χ1) is 9.11. The normalized spacial score (nSPS) is 10.3. The van der Waals surface area contributed by atoms with Crippen LogP contribution in [0.2, 0.25) is 0 Å². The summed E-state index contributed by atoms with van der Waals surface area (Å²) in [6.45, 7) is 2.43. The fraction of sp³-hybridized carbons (Fsp3) is 0.200. The highest BCUT2D eigenvalue weighted by molar-refractivity contribution is 9.10. The topological polar surface area (TPSA) is 44.5 Å². The molecule has 2 N–H and O–H groups in total.